The summed E-state index contributed by atoms with van der Waals surface area (Å²) in [5, 5.41) is 0. The fraction of sp³-hybridized carbons (Fsp3) is 1.00. The number of hydrogen-bond acceptors (Lipinski definition) is 2. The van der Waals surface area contributed by atoms with Crippen molar-refractivity contribution in [1.29, 1.82) is 0 Å². The van der Waals surface area contributed by atoms with E-state index in [2.05, 4.69) is 18.7 Å². The molecule has 1 spiro atoms. The highest BCUT2D eigenvalue weighted by atomic mass is 16.5. The molecular formula is C11H21NO. The number of rotatable bonds is 4. The molecule has 0 amide bonds. The van der Waals surface area contributed by atoms with Gasteiger partial charge < -0.3 is 4.74 Å². The molecule has 0 aromatic rings. The van der Waals surface area contributed by atoms with E-state index < -0.39 is 0 Å². The predicted molar refractivity (Wildman–Crippen MR) is 53.8 cm³/mol. The van der Waals surface area contributed by atoms with Gasteiger partial charge >= 0.3 is 0 Å². The van der Waals surface area contributed by atoms with Crippen molar-refractivity contribution < 1.29 is 4.74 Å². The fourth-order valence-electron chi connectivity index (χ4n) is 2.29. The minimum absolute atomic E-state index is 0.331. The first-order valence-electron chi connectivity index (χ1n) is 5.57. The molecule has 0 radical (unpaired) electrons. The standard InChI is InChI=1S/C11H21NO/c1-10(2)4-3-6-12-8-11(9-12)5-7-13-11/h10H,3-9H2,1-2H3. The Hall–Kier alpha value is -0.0800. The van der Waals surface area contributed by atoms with E-state index in [1.54, 1.807) is 0 Å². The quantitative estimate of drug-likeness (QED) is 0.660. The van der Waals surface area contributed by atoms with Gasteiger partial charge in [-0.1, -0.05) is 13.8 Å². The summed E-state index contributed by atoms with van der Waals surface area (Å²) in [6.07, 6.45) is 4.02. The highest BCUT2D eigenvalue weighted by Crippen LogP contribution is 2.35. The lowest BCUT2D eigenvalue weighted by atomic mass is 9.86. The number of hydrogen-bond donors (Lipinski definition) is 0. The minimum Gasteiger partial charge on any atom is -0.372 e. The molecule has 0 unspecified atom stereocenters. The molecular weight excluding hydrogens is 162 g/mol. The summed E-state index contributed by atoms with van der Waals surface area (Å²) in [4.78, 5) is 2.53. The molecule has 0 aromatic carbocycles. The van der Waals surface area contributed by atoms with E-state index >= 15 is 0 Å². The van der Waals surface area contributed by atoms with Gasteiger partial charge in [0.25, 0.3) is 0 Å². The Labute approximate surface area is 81.3 Å². The summed E-state index contributed by atoms with van der Waals surface area (Å²) in [5.41, 5.74) is 0.331. The third-order valence-corrected chi connectivity index (χ3v) is 3.25. The Bertz CT molecular complexity index is 167. The highest BCUT2D eigenvalue weighted by Gasteiger charge is 2.48. The van der Waals surface area contributed by atoms with E-state index in [-0.39, 0.29) is 0 Å². The average molecular weight is 183 g/mol. The predicted octanol–water partition coefficient (Wildman–Crippen LogP) is 1.90. The van der Waals surface area contributed by atoms with Crippen LogP contribution < -0.4 is 0 Å². The van der Waals surface area contributed by atoms with Crippen molar-refractivity contribution in [3.05, 3.63) is 0 Å². The molecule has 76 valence electrons. The van der Waals surface area contributed by atoms with E-state index in [1.165, 1.54) is 38.9 Å². The second-order valence-electron chi connectivity index (χ2n) is 5.03. The Morgan fingerprint density at radius 1 is 1.38 bits per heavy atom. The third-order valence-electron chi connectivity index (χ3n) is 3.25. The van der Waals surface area contributed by atoms with Crippen LogP contribution in [0.4, 0.5) is 0 Å². The van der Waals surface area contributed by atoms with Gasteiger partial charge in [0.2, 0.25) is 0 Å². The molecule has 0 N–H and O–H groups in total. The minimum atomic E-state index is 0.331. The van der Waals surface area contributed by atoms with E-state index in [1.807, 2.05) is 0 Å². The normalized spacial score (nSPS) is 26.1. The van der Waals surface area contributed by atoms with Crippen molar-refractivity contribution in [2.75, 3.05) is 26.2 Å². The van der Waals surface area contributed by atoms with Crippen LogP contribution in [0.25, 0.3) is 0 Å². The van der Waals surface area contributed by atoms with Crippen molar-refractivity contribution in [1.82, 2.24) is 4.90 Å². The zero-order valence-electron chi connectivity index (χ0n) is 8.88. The topological polar surface area (TPSA) is 12.5 Å². The maximum Gasteiger partial charge on any atom is 0.0956 e. The van der Waals surface area contributed by atoms with E-state index in [0.29, 0.717) is 5.60 Å². The Kier molecular flexibility index (Phi) is 2.61. The summed E-state index contributed by atoms with van der Waals surface area (Å²) < 4.78 is 5.57. The number of nitrogens with zero attached hydrogens (tertiary/aromatic N) is 1. The molecule has 0 aliphatic carbocycles. The van der Waals surface area contributed by atoms with Gasteiger partial charge in [-0.15, -0.1) is 0 Å². The van der Waals surface area contributed by atoms with Gasteiger partial charge in [0.05, 0.1) is 12.2 Å². The largest absolute Gasteiger partial charge is 0.372 e. The fourth-order valence-corrected chi connectivity index (χ4v) is 2.29. The summed E-state index contributed by atoms with van der Waals surface area (Å²) in [6, 6.07) is 0. The molecule has 0 saturated carbocycles. The second-order valence-corrected chi connectivity index (χ2v) is 5.03. The summed E-state index contributed by atoms with van der Waals surface area (Å²) in [5.74, 6) is 0.857. The SMILES string of the molecule is CC(C)CCCN1CC2(CCO2)C1. The van der Waals surface area contributed by atoms with Gasteiger partial charge in [-0.3, -0.25) is 4.90 Å². The molecule has 2 rings (SSSR count). The molecule has 2 aliphatic heterocycles. The van der Waals surface area contributed by atoms with Crippen LogP contribution in [0.1, 0.15) is 33.1 Å². The molecule has 2 nitrogen and oxygen atoms in total. The van der Waals surface area contributed by atoms with Gasteiger partial charge in [-0.2, -0.15) is 0 Å². The van der Waals surface area contributed by atoms with Crippen LogP contribution in [0, 0.1) is 5.92 Å². The van der Waals surface area contributed by atoms with Crippen LogP contribution in [-0.2, 0) is 4.74 Å². The van der Waals surface area contributed by atoms with Gasteiger partial charge in [-0.05, 0) is 25.3 Å². The summed E-state index contributed by atoms with van der Waals surface area (Å²) >= 11 is 0. The molecule has 2 aliphatic rings. The van der Waals surface area contributed by atoms with Crippen molar-refractivity contribution in [3.63, 3.8) is 0 Å². The van der Waals surface area contributed by atoms with Crippen molar-refractivity contribution >= 4 is 0 Å². The Balaban J connectivity index is 1.54. The van der Waals surface area contributed by atoms with Gasteiger partial charge in [0.15, 0.2) is 0 Å². The lowest BCUT2D eigenvalue weighted by molar-refractivity contribution is -0.221. The van der Waals surface area contributed by atoms with E-state index in [9.17, 15) is 0 Å². The van der Waals surface area contributed by atoms with E-state index in [0.717, 1.165) is 12.5 Å². The van der Waals surface area contributed by atoms with Crippen molar-refractivity contribution in [3.8, 4) is 0 Å². The zero-order valence-corrected chi connectivity index (χ0v) is 8.88. The summed E-state index contributed by atoms with van der Waals surface area (Å²) in [6.45, 7) is 9.28. The zero-order chi connectivity index (χ0) is 9.31. The molecule has 2 heteroatoms. The van der Waals surface area contributed by atoms with Gasteiger partial charge in [0.1, 0.15) is 0 Å². The van der Waals surface area contributed by atoms with Crippen LogP contribution in [0.3, 0.4) is 0 Å². The number of likely N-dealkylation sites (tertiary alicyclic amines) is 1. The molecule has 13 heavy (non-hydrogen) atoms. The Morgan fingerprint density at radius 3 is 2.54 bits per heavy atom. The second kappa shape index (κ2) is 3.58. The highest BCUT2D eigenvalue weighted by molar-refractivity contribution is 5.01. The first kappa shape index (κ1) is 9.47. The molecule has 0 aromatic heterocycles. The lowest BCUT2D eigenvalue weighted by Gasteiger charge is -2.55. The molecule has 2 fully saturated rings. The van der Waals surface area contributed by atoms with Crippen LogP contribution >= 0.6 is 0 Å². The van der Waals surface area contributed by atoms with Crippen LogP contribution in [0.2, 0.25) is 0 Å². The van der Waals surface area contributed by atoms with Crippen LogP contribution in [0.5, 0.6) is 0 Å². The molecule has 2 heterocycles. The smallest absolute Gasteiger partial charge is 0.0956 e. The van der Waals surface area contributed by atoms with E-state index in [4.69, 9.17) is 4.74 Å². The van der Waals surface area contributed by atoms with Gasteiger partial charge in [0, 0.05) is 19.5 Å². The third kappa shape index (κ3) is 2.05. The maximum atomic E-state index is 5.57. The van der Waals surface area contributed by atoms with Gasteiger partial charge in [-0.25, -0.2) is 0 Å². The summed E-state index contributed by atoms with van der Waals surface area (Å²) in [7, 11) is 0. The molecule has 0 bridgehead atoms. The first-order chi connectivity index (χ1) is 6.20. The number of ether oxygens (including phenoxy) is 1. The average Bonchev–Trinajstić information content (AvgIpc) is 1.89. The molecule has 2 saturated heterocycles. The van der Waals surface area contributed by atoms with Crippen molar-refractivity contribution in [2.24, 2.45) is 5.92 Å². The van der Waals surface area contributed by atoms with Crippen molar-refractivity contribution in [2.45, 2.75) is 38.7 Å². The lowest BCUT2D eigenvalue weighted by Crippen LogP contribution is -2.68. The van der Waals surface area contributed by atoms with Crippen LogP contribution in [-0.4, -0.2) is 36.7 Å². The van der Waals surface area contributed by atoms with Crippen LogP contribution in [0.15, 0.2) is 0 Å². The Morgan fingerprint density at radius 2 is 2.08 bits per heavy atom. The first-order valence-corrected chi connectivity index (χ1v) is 5.57. The monoisotopic (exact) mass is 183 g/mol. The molecule has 0 atom stereocenters. The maximum absolute atomic E-state index is 5.57.